The molecule has 1 aliphatic heterocycles. The van der Waals surface area contributed by atoms with Crippen LogP contribution < -0.4 is 0 Å². The average molecular weight is 253 g/mol. The maximum absolute atomic E-state index is 11.9. The number of benzene rings is 1. The molecule has 0 bridgehead atoms. The Hall–Kier alpha value is -1.66. The van der Waals surface area contributed by atoms with Crippen LogP contribution >= 0.6 is 0 Å². The Morgan fingerprint density at radius 3 is 2.71 bits per heavy atom. The number of hydroxylamine groups is 2. The molecule has 0 saturated carbocycles. The van der Waals surface area contributed by atoms with Crippen molar-refractivity contribution in [1.29, 1.82) is 0 Å². The van der Waals surface area contributed by atoms with Gasteiger partial charge in [0, 0.05) is 18.0 Å². The molecule has 0 spiro atoms. The summed E-state index contributed by atoms with van der Waals surface area (Å²) >= 11 is 0. The molecule has 0 aliphatic carbocycles. The van der Waals surface area contributed by atoms with Crippen LogP contribution in [0.1, 0.15) is 15.9 Å². The summed E-state index contributed by atoms with van der Waals surface area (Å²) in [5.74, 6) is -0.383. The second-order valence-corrected chi connectivity index (χ2v) is 5.35. The second-order valence-electron chi connectivity index (χ2n) is 3.55. The minimum absolute atomic E-state index is 0.160. The predicted octanol–water partition coefficient (Wildman–Crippen LogP) is 1.08. The zero-order valence-corrected chi connectivity index (χ0v) is 10.2. The van der Waals surface area contributed by atoms with Gasteiger partial charge >= 0.3 is 0 Å². The van der Waals surface area contributed by atoms with E-state index in [1.807, 2.05) is 0 Å². The quantitative estimate of drug-likeness (QED) is 0.740. The van der Waals surface area contributed by atoms with Crippen molar-refractivity contribution in [3.05, 3.63) is 34.7 Å². The summed E-state index contributed by atoms with van der Waals surface area (Å²) in [5, 5.41) is 2.15. The fourth-order valence-electron chi connectivity index (χ4n) is 1.63. The lowest BCUT2D eigenvalue weighted by Crippen LogP contribution is -2.26. The van der Waals surface area contributed by atoms with Crippen molar-refractivity contribution in [1.82, 2.24) is 5.06 Å². The fourth-order valence-corrected chi connectivity index (χ4v) is 2.85. The number of carbonyl (C=O) groups excluding carboxylic acids is 1. The third-order valence-electron chi connectivity index (χ3n) is 2.58. The summed E-state index contributed by atoms with van der Waals surface area (Å²) < 4.78 is 23.2. The van der Waals surface area contributed by atoms with Crippen molar-refractivity contribution in [3.8, 4) is 0 Å². The van der Waals surface area contributed by atoms with E-state index in [0.29, 0.717) is 11.1 Å². The van der Waals surface area contributed by atoms with Gasteiger partial charge in [0.25, 0.3) is 5.91 Å². The Morgan fingerprint density at radius 1 is 1.35 bits per heavy atom. The number of amides is 1. The molecule has 1 aliphatic rings. The van der Waals surface area contributed by atoms with E-state index in [-0.39, 0.29) is 10.8 Å². The van der Waals surface area contributed by atoms with Gasteiger partial charge in [0.1, 0.15) is 0 Å². The number of carbonyl (C=O) groups is 1. The third kappa shape index (κ3) is 1.85. The zero-order valence-electron chi connectivity index (χ0n) is 9.38. The van der Waals surface area contributed by atoms with Crippen LogP contribution in [0.2, 0.25) is 0 Å². The predicted molar refractivity (Wildman–Crippen MR) is 61.8 cm³/mol. The molecule has 5 nitrogen and oxygen atoms in total. The number of sulfone groups is 1. The monoisotopic (exact) mass is 253 g/mol. The van der Waals surface area contributed by atoms with E-state index in [1.165, 1.54) is 26.3 Å². The van der Waals surface area contributed by atoms with Gasteiger partial charge in [-0.3, -0.25) is 9.63 Å². The van der Waals surface area contributed by atoms with Crippen LogP contribution in [-0.2, 0) is 14.7 Å². The molecule has 0 N–H and O–H groups in total. The Kier molecular flexibility index (Phi) is 2.76. The molecule has 0 atom stereocenters. The molecule has 0 fully saturated rings. The van der Waals surface area contributed by atoms with Crippen molar-refractivity contribution >= 4 is 21.8 Å². The van der Waals surface area contributed by atoms with Gasteiger partial charge in [-0.1, -0.05) is 6.07 Å². The van der Waals surface area contributed by atoms with E-state index in [2.05, 4.69) is 0 Å². The normalized spacial score (nSPS) is 15.6. The molecule has 0 radical (unpaired) electrons. The molecule has 1 aromatic carbocycles. The largest absolute Gasteiger partial charge is 0.277 e. The average Bonchev–Trinajstić information content (AvgIpc) is 2.64. The fraction of sp³-hybridized carbons (Fsp3) is 0.182. The Morgan fingerprint density at radius 2 is 2.06 bits per heavy atom. The van der Waals surface area contributed by atoms with Gasteiger partial charge in [-0.15, -0.1) is 0 Å². The van der Waals surface area contributed by atoms with Crippen LogP contribution in [0, 0.1) is 0 Å². The minimum atomic E-state index is -3.39. The van der Waals surface area contributed by atoms with Crippen LogP contribution in [0.15, 0.2) is 28.5 Å². The summed E-state index contributed by atoms with van der Waals surface area (Å²) in [6.45, 7) is 0. The number of fused-ring (bicyclic) bond motifs is 1. The van der Waals surface area contributed by atoms with Crippen molar-refractivity contribution in [2.45, 2.75) is 4.90 Å². The molecule has 0 unspecified atom stereocenters. The SMILES string of the molecule is CON(C)C(=O)c1cccc2c1C=CS2(=O)=O. The first-order chi connectivity index (χ1) is 7.97. The van der Waals surface area contributed by atoms with E-state index in [0.717, 1.165) is 10.5 Å². The Balaban J connectivity index is 2.57. The number of rotatable bonds is 2. The highest BCUT2D eigenvalue weighted by atomic mass is 32.2. The minimum Gasteiger partial charge on any atom is -0.274 e. The van der Waals surface area contributed by atoms with Crippen molar-refractivity contribution in [3.63, 3.8) is 0 Å². The summed E-state index contributed by atoms with van der Waals surface area (Å²) in [7, 11) is -0.550. The maximum atomic E-state index is 11.9. The lowest BCUT2D eigenvalue weighted by atomic mass is 10.1. The lowest BCUT2D eigenvalue weighted by molar-refractivity contribution is -0.0757. The zero-order chi connectivity index (χ0) is 12.6. The molecular weight excluding hydrogens is 242 g/mol. The van der Waals surface area contributed by atoms with Gasteiger partial charge in [-0.25, -0.2) is 13.5 Å². The highest BCUT2D eigenvalue weighted by molar-refractivity contribution is 7.94. The molecule has 2 rings (SSSR count). The van der Waals surface area contributed by atoms with E-state index in [4.69, 9.17) is 4.84 Å². The molecule has 1 amide bonds. The summed E-state index contributed by atoms with van der Waals surface area (Å²) in [5.41, 5.74) is 0.727. The molecule has 1 heterocycles. The molecule has 17 heavy (non-hydrogen) atoms. The van der Waals surface area contributed by atoms with Gasteiger partial charge in [0.2, 0.25) is 0 Å². The summed E-state index contributed by atoms with van der Waals surface area (Å²) in [6.07, 6.45) is 1.43. The second kappa shape index (κ2) is 3.97. The van der Waals surface area contributed by atoms with Gasteiger partial charge in [-0.2, -0.15) is 0 Å². The van der Waals surface area contributed by atoms with Crippen LogP contribution in [0.25, 0.3) is 6.08 Å². The molecule has 0 aromatic heterocycles. The smallest absolute Gasteiger partial charge is 0.274 e. The number of nitrogens with zero attached hydrogens (tertiary/aromatic N) is 1. The Labute approximate surface area is 99.2 Å². The highest BCUT2D eigenvalue weighted by Crippen LogP contribution is 2.29. The lowest BCUT2D eigenvalue weighted by Gasteiger charge is -2.15. The number of hydrogen-bond acceptors (Lipinski definition) is 4. The van der Waals surface area contributed by atoms with Crippen molar-refractivity contribution in [2.75, 3.05) is 14.2 Å². The molecule has 6 heteroatoms. The van der Waals surface area contributed by atoms with Gasteiger partial charge in [-0.05, 0) is 18.2 Å². The van der Waals surface area contributed by atoms with Gasteiger partial charge in [0.05, 0.1) is 17.6 Å². The van der Waals surface area contributed by atoms with Crippen LogP contribution in [0.4, 0.5) is 0 Å². The first-order valence-electron chi connectivity index (χ1n) is 4.85. The van der Waals surface area contributed by atoms with Crippen LogP contribution in [-0.4, -0.2) is 33.5 Å². The van der Waals surface area contributed by atoms with Crippen LogP contribution in [0.5, 0.6) is 0 Å². The first-order valence-corrected chi connectivity index (χ1v) is 6.40. The molecule has 0 saturated heterocycles. The summed E-state index contributed by atoms with van der Waals surface area (Å²) in [4.78, 5) is 16.9. The first kappa shape index (κ1) is 11.8. The van der Waals surface area contributed by atoms with Crippen molar-refractivity contribution in [2.24, 2.45) is 0 Å². The maximum Gasteiger partial charge on any atom is 0.277 e. The van der Waals surface area contributed by atoms with Crippen LogP contribution in [0.3, 0.4) is 0 Å². The number of hydrogen-bond donors (Lipinski definition) is 0. The Bertz CT molecular complexity index is 604. The topological polar surface area (TPSA) is 63.7 Å². The van der Waals surface area contributed by atoms with E-state index < -0.39 is 9.84 Å². The van der Waals surface area contributed by atoms with E-state index in [1.54, 1.807) is 12.1 Å². The van der Waals surface area contributed by atoms with E-state index in [9.17, 15) is 13.2 Å². The summed E-state index contributed by atoms with van der Waals surface area (Å²) in [6, 6.07) is 4.59. The van der Waals surface area contributed by atoms with Crippen molar-refractivity contribution < 1.29 is 18.0 Å². The molecule has 90 valence electrons. The molecule has 1 aromatic rings. The van der Waals surface area contributed by atoms with E-state index >= 15 is 0 Å². The highest BCUT2D eigenvalue weighted by Gasteiger charge is 2.26. The molecular formula is C11H11NO4S. The standard InChI is InChI=1S/C11H11NO4S/c1-12(16-2)11(13)9-4-3-5-10-8(9)6-7-17(10,14)15/h3-7H,1-2H3. The van der Waals surface area contributed by atoms with Gasteiger partial charge in [0.15, 0.2) is 9.84 Å². The van der Waals surface area contributed by atoms with Gasteiger partial charge < -0.3 is 0 Å². The third-order valence-corrected chi connectivity index (χ3v) is 4.04.